The maximum atomic E-state index is 13.3. The Balaban J connectivity index is 3.07. The summed E-state index contributed by atoms with van der Waals surface area (Å²) >= 11 is 3.17. The monoisotopic (exact) mass is 290 g/mol. The highest BCUT2D eigenvalue weighted by atomic mass is 79.9. The molecule has 0 saturated heterocycles. The maximum Gasteiger partial charge on any atom is 0.335 e. The Morgan fingerprint density at radius 3 is 2.38 bits per heavy atom. The average molecular weight is 291 g/mol. The summed E-state index contributed by atoms with van der Waals surface area (Å²) in [6.45, 7) is 0. The molecule has 0 atom stereocenters. The van der Waals surface area contributed by atoms with E-state index in [1.807, 2.05) is 0 Å². The van der Waals surface area contributed by atoms with Crippen LogP contribution < -0.4 is 0 Å². The summed E-state index contributed by atoms with van der Waals surface area (Å²) in [5.74, 6) is -3.10. The van der Waals surface area contributed by atoms with Crippen LogP contribution in [0.3, 0.4) is 0 Å². The van der Waals surface area contributed by atoms with E-state index < -0.39 is 23.2 Å². The standard InChI is InChI=1S/C11H9BrF2O2/c12-4-2-1-3-8-9(13)5-7(11(15)16)6-10(8)14/h1,3,5-6H,2,4H2,(H,15,16). The van der Waals surface area contributed by atoms with Crippen molar-refractivity contribution < 1.29 is 18.7 Å². The third kappa shape index (κ3) is 3.13. The van der Waals surface area contributed by atoms with Crippen LogP contribution in [0.2, 0.25) is 0 Å². The number of carboxylic acid groups (broad SMARTS) is 1. The lowest BCUT2D eigenvalue weighted by molar-refractivity contribution is 0.0695. The summed E-state index contributed by atoms with van der Waals surface area (Å²) in [6.07, 6.45) is 3.55. The van der Waals surface area contributed by atoms with Crippen LogP contribution >= 0.6 is 15.9 Å². The molecule has 0 aliphatic heterocycles. The molecule has 1 rings (SSSR count). The Morgan fingerprint density at radius 1 is 1.38 bits per heavy atom. The van der Waals surface area contributed by atoms with Crippen LogP contribution in [-0.2, 0) is 0 Å². The first-order valence-corrected chi connectivity index (χ1v) is 5.63. The Morgan fingerprint density at radius 2 is 1.94 bits per heavy atom. The average Bonchev–Trinajstić information content (AvgIpc) is 2.21. The lowest BCUT2D eigenvalue weighted by atomic mass is 10.1. The maximum absolute atomic E-state index is 13.3. The second kappa shape index (κ2) is 5.75. The molecule has 0 unspecified atom stereocenters. The molecule has 0 radical (unpaired) electrons. The summed E-state index contributed by atoms with van der Waals surface area (Å²) in [6, 6.07) is 1.61. The van der Waals surface area contributed by atoms with Crippen LogP contribution in [0.15, 0.2) is 18.2 Å². The predicted molar refractivity (Wildman–Crippen MR) is 60.8 cm³/mol. The number of allylic oxidation sites excluding steroid dienone is 1. The number of halogens is 3. The first-order chi connectivity index (χ1) is 7.56. The summed E-state index contributed by atoms with van der Waals surface area (Å²) in [5.41, 5.74) is -0.612. The van der Waals surface area contributed by atoms with E-state index in [4.69, 9.17) is 5.11 Å². The smallest absolute Gasteiger partial charge is 0.335 e. The van der Waals surface area contributed by atoms with Crippen LogP contribution in [0.1, 0.15) is 22.3 Å². The number of carboxylic acids is 1. The molecule has 2 nitrogen and oxygen atoms in total. The van der Waals surface area contributed by atoms with Crippen LogP contribution in [0.4, 0.5) is 8.78 Å². The fourth-order valence-electron chi connectivity index (χ4n) is 1.13. The molecular formula is C11H9BrF2O2. The number of alkyl halides is 1. The van der Waals surface area contributed by atoms with Gasteiger partial charge in [-0.1, -0.05) is 28.1 Å². The summed E-state index contributed by atoms with van der Waals surface area (Å²) in [7, 11) is 0. The molecular weight excluding hydrogens is 282 g/mol. The number of carbonyl (C=O) groups is 1. The highest BCUT2D eigenvalue weighted by Crippen LogP contribution is 2.17. The number of hydrogen-bond donors (Lipinski definition) is 1. The second-order valence-corrected chi connectivity index (χ2v) is 3.83. The Bertz CT molecular complexity index is 407. The molecule has 86 valence electrons. The van der Waals surface area contributed by atoms with Gasteiger partial charge in [-0.05, 0) is 18.6 Å². The number of aromatic carboxylic acids is 1. The molecule has 0 heterocycles. The van der Waals surface area contributed by atoms with Gasteiger partial charge < -0.3 is 5.11 Å². The summed E-state index contributed by atoms with van der Waals surface area (Å²) in [5, 5.41) is 9.28. The number of hydrogen-bond acceptors (Lipinski definition) is 1. The van der Waals surface area contributed by atoms with Gasteiger partial charge in [-0.25, -0.2) is 13.6 Å². The summed E-state index contributed by atoms with van der Waals surface area (Å²) < 4.78 is 26.7. The van der Waals surface area contributed by atoms with Gasteiger partial charge >= 0.3 is 5.97 Å². The molecule has 16 heavy (non-hydrogen) atoms. The van der Waals surface area contributed by atoms with Crippen molar-refractivity contribution in [1.82, 2.24) is 0 Å². The van der Waals surface area contributed by atoms with Gasteiger partial charge in [-0.3, -0.25) is 0 Å². The summed E-state index contributed by atoms with van der Waals surface area (Å²) in [4.78, 5) is 10.5. The van der Waals surface area contributed by atoms with Crippen molar-refractivity contribution in [2.24, 2.45) is 0 Å². The minimum Gasteiger partial charge on any atom is -0.478 e. The van der Waals surface area contributed by atoms with Crippen LogP contribution in [0.5, 0.6) is 0 Å². The fraction of sp³-hybridized carbons (Fsp3) is 0.182. The van der Waals surface area contributed by atoms with Crippen molar-refractivity contribution in [2.45, 2.75) is 6.42 Å². The zero-order valence-corrected chi connectivity index (χ0v) is 9.80. The van der Waals surface area contributed by atoms with Gasteiger partial charge in [-0.15, -0.1) is 0 Å². The molecule has 0 bridgehead atoms. The van der Waals surface area contributed by atoms with E-state index in [1.165, 1.54) is 6.08 Å². The van der Waals surface area contributed by atoms with Gasteiger partial charge in [0, 0.05) is 10.9 Å². The van der Waals surface area contributed by atoms with Gasteiger partial charge in [0.05, 0.1) is 5.56 Å². The minimum atomic E-state index is -1.35. The largest absolute Gasteiger partial charge is 0.478 e. The lowest BCUT2D eigenvalue weighted by Crippen LogP contribution is -2.00. The molecule has 0 aliphatic rings. The zero-order chi connectivity index (χ0) is 12.1. The third-order valence-electron chi connectivity index (χ3n) is 1.89. The molecule has 1 N–H and O–H groups in total. The van der Waals surface area contributed by atoms with E-state index in [-0.39, 0.29) is 5.56 Å². The first-order valence-electron chi connectivity index (χ1n) is 4.51. The highest BCUT2D eigenvalue weighted by Gasteiger charge is 2.12. The van der Waals surface area contributed by atoms with Gasteiger partial charge in [-0.2, -0.15) is 0 Å². The second-order valence-electron chi connectivity index (χ2n) is 3.04. The third-order valence-corrected chi connectivity index (χ3v) is 2.34. The van der Waals surface area contributed by atoms with Gasteiger partial charge in [0.25, 0.3) is 0 Å². The van der Waals surface area contributed by atoms with Crippen molar-refractivity contribution in [2.75, 3.05) is 5.33 Å². The van der Waals surface area contributed by atoms with E-state index in [2.05, 4.69) is 15.9 Å². The van der Waals surface area contributed by atoms with Crippen molar-refractivity contribution in [1.29, 1.82) is 0 Å². The fourth-order valence-corrected chi connectivity index (χ4v) is 1.40. The minimum absolute atomic E-state index is 0.217. The van der Waals surface area contributed by atoms with Gasteiger partial charge in [0.2, 0.25) is 0 Å². The van der Waals surface area contributed by atoms with Crippen molar-refractivity contribution in [3.8, 4) is 0 Å². The molecule has 5 heteroatoms. The molecule has 1 aromatic rings. The number of rotatable bonds is 4. The van der Waals surface area contributed by atoms with E-state index in [9.17, 15) is 13.6 Å². The van der Waals surface area contributed by atoms with Crippen LogP contribution in [0, 0.1) is 11.6 Å². The van der Waals surface area contributed by atoms with E-state index in [0.29, 0.717) is 11.8 Å². The normalized spacial score (nSPS) is 10.9. The van der Waals surface area contributed by atoms with Crippen molar-refractivity contribution >= 4 is 28.0 Å². The van der Waals surface area contributed by atoms with Crippen molar-refractivity contribution in [3.05, 3.63) is 41.0 Å². The topological polar surface area (TPSA) is 37.3 Å². The van der Waals surface area contributed by atoms with Gasteiger partial charge in [0.1, 0.15) is 11.6 Å². The Kier molecular flexibility index (Phi) is 4.61. The van der Waals surface area contributed by atoms with E-state index in [1.54, 1.807) is 6.08 Å². The molecule has 0 spiro atoms. The SMILES string of the molecule is O=C(O)c1cc(F)c(C=CCCBr)c(F)c1. The predicted octanol–water partition coefficient (Wildman–Crippen LogP) is 3.46. The first kappa shape index (κ1) is 12.8. The molecule has 0 aliphatic carbocycles. The van der Waals surface area contributed by atoms with E-state index in [0.717, 1.165) is 12.1 Å². The highest BCUT2D eigenvalue weighted by molar-refractivity contribution is 9.09. The molecule has 0 fully saturated rings. The molecule has 0 aromatic heterocycles. The Hall–Kier alpha value is -1.23. The molecule has 0 saturated carbocycles. The lowest BCUT2D eigenvalue weighted by Gasteiger charge is -2.01. The van der Waals surface area contributed by atoms with E-state index >= 15 is 0 Å². The van der Waals surface area contributed by atoms with Crippen LogP contribution in [0.25, 0.3) is 6.08 Å². The van der Waals surface area contributed by atoms with Gasteiger partial charge in [0.15, 0.2) is 0 Å². The molecule has 1 aromatic carbocycles. The molecule has 0 amide bonds. The van der Waals surface area contributed by atoms with Crippen LogP contribution in [-0.4, -0.2) is 16.4 Å². The Labute approximate surface area is 99.7 Å². The number of benzene rings is 1. The quantitative estimate of drug-likeness (QED) is 0.863. The zero-order valence-electron chi connectivity index (χ0n) is 8.21. The van der Waals surface area contributed by atoms with Crippen molar-refractivity contribution in [3.63, 3.8) is 0 Å².